The predicted octanol–water partition coefficient (Wildman–Crippen LogP) is -0.875. The second-order valence-corrected chi connectivity index (χ2v) is 7.16. The van der Waals surface area contributed by atoms with Gasteiger partial charge in [-0.2, -0.15) is 0 Å². The molecule has 166 valence electrons. The lowest BCUT2D eigenvalue weighted by atomic mass is 9.98. The number of aliphatic hydroxyl groups excluding tert-OH is 4. The lowest BCUT2D eigenvalue weighted by Gasteiger charge is -2.40. The summed E-state index contributed by atoms with van der Waals surface area (Å²) in [7, 11) is 1.51. The Morgan fingerprint density at radius 3 is 2.65 bits per heavy atom. The number of aliphatic hydroxyl groups is 4. The maximum absolute atomic E-state index is 10.4. The number of phenolic OH excluding ortho intramolecular Hbond substituents is 1. The maximum Gasteiger partial charge on any atom is 0.167 e. The summed E-state index contributed by atoms with van der Waals surface area (Å²) in [6, 6.07) is 4.84. The van der Waals surface area contributed by atoms with Crippen LogP contribution in [0.2, 0.25) is 0 Å². The van der Waals surface area contributed by atoms with Crippen molar-refractivity contribution in [2.24, 2.45) is 0 Å². The van der Waals surface area contributed by atoms with E-state index in [-0.39, 0.29) is 5.75 Å². The summed E-state index contributed by atoms with van der Waals surface area (Å²) in [6.07, 6.45) is -3.96. The molecule has 12 heteroatoms. The number of anilines is 1. The highest BCUT2D eigenvalue weighted by molar-refractivity contribution is 5.82. The van der Waals surface area contributed by atoms with Gasteiger partial charge in [-0.25, -0.2) is 15.0 Å². The Hall–Kier alpha value is -3.03. The smallest absolute Gasteiger partial charge is 0.167 e. The van der Waals surface area contributed by atoms with E-state index in [4.69, 9.17) is 9.47 Å². The van der Waals surface area contributed by atoms with E-state index in [1.807, 2.05) is 0 Å². The fourth-order valence-electron chi connectivity index (χ4n) is 3.53. The molecule has 0 spiro atoms. The molecule has 3 aromatic rings. The first-order valence-electron chi connectivity index (χ1n) is 9.51. The molecular weight excluding hydrogens is 410 g/mol. The van der Waals surface area contributed by atoms with Gasteiger partial charge in [0.25, 0.3) is 0 Å². The monoisotopic (exact) mass is 433 g/mol. The Balaban J connectivity index is 1.60. The third-order valence-corrected chi connectivity index (χ3v) is 5.15. The van der Waals surface area contributed by atoms with Crippen LogP contribution in [0.5, 0.6) is 11.5 Å². The zero-order valence-corrected chi connectivity index (χ0v) is 16.5. The highest BCUT2D eigenvalue weighted by Gasteiger charge is 2.44. The third kappa shape index (κ3) is 3.98. The largest absolute Gasteiger partial charge is 0.508 e. The molecule has 0 bridgehead atoms. The molecular formula is C19H23N5O7. The van der Waals surface area contributed by atoms with Crippen LogP contribution in [0.15, 0.2) is 30.9 Å². The summed E-state index contributed by atoms with van der Waals surface area (Å²) in [4.78, 5) is 12.7. The van der Waals surface area contributed by atoms with Gasteiger partial charge in [0.05, 0.1) is 20.0 Å². The quantitative estimate of drug-likeness (QED) is 0.285. The molecule has 1 aromatic carbocycles. The lowest BCUT2D eigenvalue weighted by Crippen LogP contribution is -2.56. The van der Waals surface area contributed by atoms with Crippen LogP contribution in [0.3, 0.4) is 0 Å². The zero-order valence-electron chi connectivity index (χ0n) is 16.5. The molecule has 0 aliphatic carbocycles. The molecule has 1 saturated heterocycles. The van der Waals surface area contributed by atoms with Crippen molar-refractivity contribution < 1.29 is 35.0 Å². The Morgan fingerprint density at radius 2 is 1.90 bits per heavy atom. The van der Waals surface area contributed by atoms with Crippen LogP contribution in [-0.2, 0) is 11.3 Å². The molecule has 2 aromatic heterocycles. The number of rotatable bonds is 6. The van der Waals surface area contributed by atoms with Crippen molar-refractivity contribution >= 4 is 17.0 Å². The van der Waals surface area contributed by atoms with Gasteiger partial charge in [-0.3, -0.25) is 4.57 Å². The van der Waals surface area contributed by atoms with Crippen molar-refractivity contribution in [3.05, 3.63) is 36.4 Å². The van der Waals surface area contributed by atoms with Crippen molar-refractivity contribution in [2.45, 2.75) is 37.2 Å². The number of ether oxygens (including phenoxy) is 2. The van der Waals surface area contributed by atoms with Crippen LogP contribution in [0.25, 0.3) is 11.2 Å². The fourth-order valence-corrected chi connectivity index (χ4v) is 3.53. The Labute approximate surface area is 176 Å². The molecule has 4 rings (SSSR count). The summed E-state index contributed by atoms with van der Waals surface area (Å²) in [6.45, 7) is -0.229. The molecule has 1 fully saturated rings. The number of imidazole rings is 1. The summed E-state index contributed by atoms with van der Waals surface area (Å²) >= 11 is 0. The normalized spacial score (nSPS) is 26.2. The number of benzene rings is 1. The number of aromatic hydroxyl groups is 1. The van der Waals surface area contributed by atoms with Gasteiger partial charge in [0.15, 0.2) is 23.2 Å². The molecule has 1 unspecified atom stereocenters. The Morgan fingerprint density at radius 1 is 1.10 bits per heavy atom. The van der Waals surface area contributed by atoms with E-state index >= 15 is 0 Å². The van der Waals surface area contributed by atoms with Crippen LogP contribution < -0.4 is 10.1 Å². The number of hydrogen-bond donors (Lipinski definition) is 6. The Bertz CT molecular complexity index is 1060. The van der Waals surface area contributed by atoms with Gasteiger partial charge < -0.3 is 40.3 Å². The number of fused-ring (bicyclic) bond motifs is 1. The molecule has 3 heterocycles. The number of phenols is 1. The van der Waals surface area contributed by atoms with Crippen LogP contribution >= 0.6 is 0 Å². The van der Waals surface area contributed by atoms with Gasteiger partial charge in [0.2, 0.25) is 0 Å². The standard InChI is InChI=1S/C19H23N5O7/c1-30-11-3-9(2-10(26)4-11)5-20-17-13-18(22-7-21-17)24(8-23-13)19-16(29)15(28)14(27)12(6-25)31-19/h2-4,7-8,12,14-16,19,25-29H,5-6H2,1H3,(H,20,21,22)/t12-,14-,15+,16-,19?/m1/s1. The van der Waals surface area contributed by atoms with E-state index in [9.17, 15) is 25.5 Å². The van der Waals surface area contributed by atoms with E-state index in [1.54, 1.807) is 12.1 Å². The number of nitrogens with one attached hydrogen (secondary N) is 1. The number of methoxy groups -OCH3 is 1. The van der Waals surface area contributed by atoms with E-state index in [2.05, 4.69) is 20.3 Å². The van der Waals surface area contributed by atoms with Crippen LogP contribution in [0.4, 0.5) is 5.82 Å². The molecule has 0 amide bonds. The third-order valence-electron chi connectivity index (χ3n) is 5.15. The van der Waals surface area contributed by atoms with Gasteiger partial charge in [0.1, 0.15) is 42.2 Å². The molecule has 31 heavy (non-hydrogen) atoms. The molecule has 6 N–H and O–H groups in total. The fraction of sp³-hybridized carbons (Fsp3) is 0.421. The van der Waals surface area contributed by atoms with Crippen molar-refractivity contribution in [3.63, 3.8) is 0 Å². The second kappa shape index (κ2) is 8.61. The van der Waals surface area contributed by atoms with Crippen molar-refractivity contribution in [3.8, 4) is 11.5 Å². The highest BCUT2D eigenvalue weighted by atomic mass is 16.6. The lowest BCUT2D eigenvalue weighted by molar-refractivity contribution is -0.250. The molecule has 5 atom stereocenters. The first-order valence-corrected chi connectivity index (χ1v) is 9.51. The van der Waals surface area contributed by atoms with Crippen molar-refractivity contribution in [1.82, 2.24) is 19.5 Å². The summed E-state index contributed by atoms with van der Waals surface area (Å²) in [5, 5.41) is 52.8. The molecule has 1 aliphatic rings. The van der Waals surface area contributed by atoms with Gasteiger partial charge in [-0.1, -0.05) is 0 Å². The van der Waals surface area contributed by atoms with E-state index in [1.165, 1.54) is 30.4 Å². The summed E-state index contributed by atoms with van der Waals surface area (Å²) < 4.78 is 12.1. The zero-order chi connectivity index (χ0) is 22.1. The van der Waals surface area contributed by atoms with Gasteiger partial charge >= 0.3 is 0 Å². The molecule has 0 saturated carbocycles. The van der Waals surface area contributed by atoms with Gasteiger partial charge in [-0.15, -0.1) is 0 Å². The topological polar surface area (TPSA) is 175 Å². The second-order valence-electron chi connectivity index (χ2n) is 7.16. The minimum Gasteiger partial charge on any atom is -0.508 e. The minimum absolute atomic E-state index is 0.0656. The van der Waals surface area contributed by atoms with Crippen LogP contribution in [-0.4, -0.2) is 83.2 Å². The first kappa shape index (κ1) is 21.2. The van der Waals surface area contributed by atoms with Gasteiger partial charge in [-0.05, 0) is 17.7 Å². The minimum atomic E-state index is -1.52. The summed E-state index contributed by atoms with van der Waals surface area (Å²) in [5.41, 5.74) is 1.44. The van der Waals surface area contributed by atoms with Crippen molar-refractivity contribution in [1.29, 1.82) is 0 Å². The van der Waals surface area contributed by atoms with E-state index in [0.717, 1.165) is 5.56 Å². The van der Waals surface area contributed by atoms with E-state index < -0.39 is 37.3 Å². The van der Waals surface area contributed by atoms with Gasteiger partial charge in [0, 0.05) is 12.6 Å². The van der Waals surface area contributed by atoms with Crippen LogP contribution in [0, 0.1) is 0 Å². The van der Waals surface area contributed by atoms with E-state index in [0.29, 0.717) is 29.3 Å². The average Bonchev–Trinajstić information content (AvgIpc) is 3.20. The number of aromatic nitrogens is 4. The molecule has 1 aliphatic heterocycles. The first-order chi connectivity index (χ1) is 14.9. The molecule has 0 radical (unpaired) electrons. The molecule has 12 nitrogen and oxygen atoms in total. The van der Waals surface area contributed by atoms with Crippen molar-refractivity contribution in [2.75, 3.05) is 19.0 Å². The summed E-state index contributed by atoms with van der Waals surface area (Å²) in [5.74, 6) is 0.975. The number of hydrogen-bond acceptors (Lipinski definition) is 11. The average molecular weight is 433 g/mol. The number of nitrogens with zero attached hydrogens (tertiary/aromatic N) is 4. The SMILES string of the molecule is COc1cc(O)cc(CNc2ncnc3c2ncn3C2O[C@H](CO)[C@@H](O)[C@H](O)[C@H]2O)c1. The Kier molecular flexibility index (Phi) is 5.89. The highest BCUT2D eigenvalue weighted by Crippen LogP contribution is 2.31. The predicted molar refractivity (Wildman–Crippen MR) is 106 cm³/mol. The maximum atomic E-state index is 10.4. The van der Waals surface area contributed by atoms with Crippen LogP contribution in [0.1, 0.15) is 11.8 Å².